The SMILES string of the molecule is Cc1ccccc1S(=O)(=O)N(C)CCCNC1CC(C2=C(Cl)C=CCC2)=Nc2c(Br)cnn21. The highest BCUT2D eigenvalue weighted by molar-refractivity contribution is 9.10. The van der Waals surface area contributed by atoms with Gasteiger partial charge in [-0.15, -0.1) is 0 Å². The number of sulfonamides is 1. The van der Waals surface area contributed by atoms with Crippen LogP contribution in [0.2, 0.25) is 0 Å². The van der Waals surface area contributed by atoms with Crippen molar-refractivity contribution in [1.82, 2.24) is 19.4 Å². The summed E-state index contributed by atoms with van der Waals surface area (Å²) in [5.74, 6) is 0.763. The molecule has 0 saturated carbocycles. The summed E-state index contributed by atoms with van der Waals surface area (Å²) in [6.45, 7) is 2.86. The Hall–Kier alpha value is -1.78. The Morgan fingerprint density at radius 1 is 1.33 bits per heavy atom. The molecule has 0 spiro atoms. The van der Waals surface area contributed by atoms with Crippen LogP contribution in [0.5, 0.6) is 0 Å². The second-order valence-electron chi connectivity index (χ2n) is 8.21. The average molecular weight is 553 g/mol. The molecule has 2 heterocycles. The van der Waals surface area contributed by atoms with Gasteiger partial charge in [0, 0.05) is 25.0 Å². The molecule has 1 N–H and O–H groups in total. The highest BCUT2D eigenvalue weighted by Gasteiger charge is 2.28. The number of halogens is 2. The number of hydrogen-bond donors (Lipinski definition) is 1. The van der Waals surface area contributed by atoms with E-state index in [-0.39, 0.29) is 6.17 Å². The minimum absolute atomic E-state index is 0.0834. The maximum atomic E-state index is 12.9. The fraction of sp³-hybridized carbons (Fsp3) is 0.391. The van der Waals surface area contributed by atoms with E-state index in [0.717, 1.165) is 45.0 Å². The maximum absolute atomic E-state index is 12.9. The van der Waals surface area contributed by atoms with E-state index in [1.165, 1.54) is 4.31 Å². The minimum atomic E-state index is -3.51. The zero-order valence-electron chi connectivity index (χ0n) is 18.6. The van der Waals surface area contributed by atoms with Crippen molar-refractivity contribution >= 4 is 49.1 Å². The van der Waals surface area contributed by atoms with E-state index in [2.05, 4.69) is 32.4 Å². The van der Waals surface area contributed by atoms with Gasteiger partial charge in [-0.2, -0.15) is 5.10 Å². The number of aryl methyl sites for hydroxylation is 1. The summed E-state index contributed by atoms with van der Waals surface area (Å²) in [6, 6.07) is 7.06. The molecular formula is C23H27BrClN5O2S. The van der Waals surface area contributed by atoms with E-state index in [4.69, 9.17) is 16.6 Å². The number of aromatic nitrogens is 2. The molecule has 1 unspecified atom stereocenters. The van der Waals surface area contributed by atoms with Crippen LogP contribution in [-0.2, 0) is 10.0 Å². The molecule has 4 rings (SSSR count). The maximum Gasteiger partial charge on any atom is 0.243 e. The van der Waals surface area contributed by atoms with Crippen LogP contribution in [-0.4, -0.2) is 48.4 Å². The van der Waals surface area contributed by atoms with E-state index < -0.39 is 10.0 Å². The first kappa shape index (κ1) is 24.3. The molecule has 0 saturated heterocycles. The number of allylic oxidation sites excluding steroid dienone is 4. The Bertz CT molecular complexity index is 1240. The number of hydrogen-bond acceptors (Lipinski definition) is 5. The summed E-state index contributed by atoms with van der Waals surface area (Å²) >= 11 is 10.0. The van der Waals surface area contributed by atoms with Crippen molar-refractivity contribution in [1.29, 1.82) is 0 Å². The Balaban J connectivity index is 1.41. The minimum Gasteiger partial charge on any atom is -0.295 e. The first-order chi connectivity index (χ1) is 15.8. The van der Waals surface area contributed by atoms with Crippen LogP contribution in [0, 0.1) is 6.92 Å². The second-order valence-corrected chi connectivity index (χ2v) is 11.5. The lowest BCUT2D eigenvalue weighted by Crippen LogP contribution is -2.35. The number of rotatable bonds is 8. The molecule has 1 aromatic heterocycles. The zero-order valence-corrected chi connectivity index (χ0v) is 21.8. The van der Waals surface area contributed by atoms with Gasteiger partial charge in [-0.1, -0.05) is 35.9 Å². The summed E-state index contributed by atoms with van der Waals surface area (Å²) in [6.07, 6.45) is 8.82. The first-order valence-corrected chi connectivity index (χ1v) is 13.5. The summed E-state index contributed by atoms with van der Waals surface area (Å²) in [5, 5.41) is 8.74. The predicted octanol–water partition coefficient (Wildman–Crippen LogP) is 5.07. The van der Waals surface area contributed by atoms with Gasteiger partial charge in [0.25, 0.3) is 0 Å². The molecule has 0 bridgehead atoms. The Kier molecular flexibility index (Phi) is 7.55. The van der Waals surface area contributed by atoms with Crippen LogP contribution < -0.4 is 5.32 Å². The van der Waals surface area contributed by atoms with Crippen molar-refractivity contribution in [2.75, 3.05) is 20.1 Å². The molecule has 7 nitrogen and oxygen atoms in total. The quantitative estimate of drug-likeness (QED) is 0.464. The van der Waals surface area contributed by atoms with Gasteiger partial charge >= 0.3 is 0 Å². The van der Waals surface area contributed by atoms with Crippen LogP contribution >= 0.6 is 27.5 Å². The molecule has 2 aliphatic rings. The van der Waals surface area contributed by atoms with E-state index in [9.17, 15) is 8.42 Å². The van der Waals surface area contributed by atoms with Gasteiger partial charge in [-0.3, -0.25) is 5.32 Å². The molecule has 0 fully saturated rings. The number of nitrogens with one attached hydrogen (secondary N) is 1. The fourth-order valence-electron chi connectivity index (χ4n) is 4.08. The van der Waals surface area contributed by atoms with Crippen LogP contribution in [0.3, 0.4) is 0 Å². The van der Waals surface area contributed by atoms with Gasteiger partial charge in [0.05, 0.1) is 21.3 Å². The summed E-state index contributed by atoms with van der Waals surface area (Å²) < 4.78 is 29.9. The van der Waals surface area contributed by atoms with Gasteiger partial charge < -0.3 is 0 Å². The molecular weight excluding hydrogens is 526 g/mol. The average Bonchev–Trinajstić information content (AvgIpc) is 3.17. The van der Waals surface area contributed by atoms with Crippen LogP contribution in [0.1, 0.15) is 37.4 Å². The van der Waals surface area contributed by atoms with E-state index in [1.54, 1.807) is 25.4 Å². The van der Waals surface area contributed by atoms with Gasteiger partial charge in [-0.25, -0.2) is 22.4 Å². The first-order valence-electron chi connectivity index (χ1n) is 10.9. The van der Waals surface area contributed by atoms with Crippen LogP contribution in [0.4, 0.5) is 5.82 Å². The normalized spacial score (nSPS) is 18.6. The number of aliphatic imine (C=N–C) groups is 1. The molecule has 1 aromatic carbocycles. The molecule has 0 amide bonds. The third-order valence-electron chi connectivity index (χ3n) is 5.92. The predicted molar refractivity (Wildman–Crippen MR) is 136 cm³/mol. The summed E-state index contributed by atoms with van der Waals surface area (Å²) in [5.41, 5.74) is 2.79. The van der Waals surface area contributed by atoms with Crippen molar-refractivity contribution in [3.05, 3.63) is 63.3 Å². The fourth-order valence-corrected chi connectivity index (χ4v) is 6.17. The van der Waals surface area contributed by atoms with E-state index in [1.807, 2.05) is 29.8 Å². The smallest absolute Gasteiger partial charge is 0.243 e. The largest absolute Gasteiger partial charge is 0.295 e. The number of benzene rings is 1. The highest BCUT2D eigenvalue weighted by atomic mass is 79.9. The lowest BCUT2D eigenvalue weighted by molar-refractivity contribution is 0.365. The van der Waals surface area contributed by atoms with Gasteiger partial charge in [0.2, 0.25) is 10.0 Å². The summed E-state index contributed by atoms with van der Waals surface area (Å²) in [7, 11) is -1.89. The number of nitrogens with zero attached hydrogens (tertiary/aromatic N) is 4. The van der Waals surface area contributed by atoms with Crippen molar-refractivity contribution in [2.45, 2.75) is 43.7 Å². The molecule has 2 aromatic rings. The molecule has 176 valence electrons. The molecule has 1 aliphatic carbocycles. The summed E-state index contributed by atoms with van der Waals surface area (Å²) in [4.78, 5) is 5.18. The lowest BCUT2D eigenvalue weighted by Gasteiger charge is -2.27. The third kappa shape index (κ3) is 5.17. The third-order valence-corrected chi connectivity index (χ3v) is 8.85. The van der Waals surface area contributed by atoms with Gasteiger partial charge in [-0.05, 0) is 71.9 Å². The number of fused-ring (bicyclic) bond motifs is 1. The molecule has 33 heavy (non-hydrogen) atoms. The molecule has 0 radical (unpaired) electrons. The molecule has 1 atom stereocenters. The monoisotopic (exact) mass is 551 g/mol. The van der Waals surface area contributed by atoms with Crippen molar-refractivity contribution < 1.29 is 8.42 Å². The van der Waals surface area contributed by atoms with Crippen LogP contribution in [0.15, 0.2) is 67.6 Å². The Morgan fingerprint density at radius 3 is 2.88 bits per heavy atom. The Labute approximate surface area is 208 Å². The van der Waals surface area contributed by atoms with Crippen LogP contribution in [0.25, 0.3) is 0 Å². The Morgan fingerprint density at radius 2 is 2.12 bits per heavy atom. The molecule has 1 aliphatic heterocycles. The topological polar surface area (TPSA) is 79.6 Å². The zero-order chi connectivity index (χ0) is 23.6. The van der Waals surface area contributed by atoms with Gasteiger partial charge in [0.15, 0.2) is 5.82 Å². The van der Waals surface area contributed by atoms with Gasteiger partial charge in [0.1, 0.15) is 6.17 Å². The van der Waals surface area contributed by atoms with E-state index >= 15 is 0 Å². The molecule has 10 heteroatoms. The van der Waals surface area contributed by atoms with Crippen molar-refractivity contribution in [2.24, 2.45) is 4.99 Å². The van der Waals surface area contributed by atoms with Crippen molar-refractivity contribution in [3.8, 4) is 0 Å². The standard InChI is InChI=1S/C23H27BrClN5O2S/c1-16-8-3-6-11-21(16)33(31,32)29(2)13-7-12-26-22-14-20(17-9-4-5-10-19(17)25)28-23-18(24)15-27-30(22)23/h3,5-6,8,10-11,15,22,26H,4,7,9,12-14H2,1-2H3. The van der Waals surface area contributed by atoms with E-state index in [0.29, 0.717) is 30.8 Å². The highest BCUT2D eigenvalue weighted by Crippen LogP contribution is 2.36. The second kappa shape index (κ2) is 10.2. The lowest BCUT2D eigenvalue weighted by atomic mass is 9.96. The van der Waals surface area contributed by atoms with Crippen molar-refractivity contribution in [3.63, 3.8) is 0 Å².